The highest BCUT2D eigenvalue weighted by Gasteiger charge is 2.31. The van der Waals surface area contributed by atoms with Crippen LogP contribution in [0.25, 0.3) is 0 Å². The van der Waals surface area contributed by atoms with Crippen molar-refractivity contribution in [2.75, 3.05) is 6.61 Å². The quantitative estimate of drug-likeness (QED) is 0.557. The van der Waals surface area contributed by atoms with Gasteiger partial charge in [-0.1, -0.05) is 25.2 Å². The van der Waals surface area contributed by atoms with E-state index >= 15 is 0 Å². The van der Waals surface area contributed by atoms with Gasteiger partial charge in [0.1, 0.15) is 21.8 Å². The van der Waals surface area contributed by atoms with Crippen LogP contribution in [0.2, 0.25) is 0 Å². The highest BCUT2D eigenvalue weighted by atomic mass is 32.2. The molecule has 0 spiro atoms. The van der Waals surface area contributed by atoms with Gasteiger partial charge >= 0.3 is 0 Å². The van der Waals surface area contributed by atoms with Crippen LogP contribution in [0.15, 0.2) is 22.6 Å². The second kappa shape index (κ2) is 7.04. The molecule has 1 aliphatic carbocycles. The van der Waals surface area contributed by atoms with Crippen LogP contribution in [0.4, 0.5) is 4.39 Å². The average molecular weight is 354 g/mol. The van der Waals surface area contributed by atoms with E-state index in [0.717, 1.165) is 18.4 Å². The van der Waals surface area contributed by atoms with Crippen molar-refractivity contribution in [1.82, 2.24) is 0 Å². The molecule has 1 aliphatic rings. The van der Waals surface area contributed by atoms with Gasteiger partial charge in [0, 0.05) is 11.0 Å². The smallest absolute Gasteiger partial charge is 0.165 e. The van der Waals surface area contributed by atoms with Crippen LogP contribution in [0.1, 0.15) is 59.9 Å². The molecule has 0 radical (unpaired) electrons. The predicted molar refractivity (Wildman–Crippen MR) is 98.5 cm³/mol. The normalized spacial score (nSPS) is 17.8. The fraction of sp³-hybridized carbons (Fsp3) is 0.632. The molecular weight excluding hydrogens is 325 g/mol. The SMILES string of the molecule is CC(C)(C)/C(=N/[S+]([O-])C(C)(C)C)c1ccc(F)c(OCC2CC2)c1. The fourth-order valence-electron chi connectivity index (χ4n) is 2.10. The lowest BCUT2D eigenvalue weighted by atomic mass is 9.85. The van der Waals surface area contributed by atoms with Crippen molar-refractivity contribution in [2.45, 2.75) is 59.1 Å². The Labute approximate surface area is 148 Å². The van der Waals surface area contributed by atoms with Crippen LogP contribution in [-0.2, 0) is 11.4 Å². The molecule has 0 bridgehead atoms. The number of nitrogens with zero attached hydrogens (tertiary/aromatic N) is 1. The van der Waals surface area contributed by atoms with Crippen molar-refractivity contribution in [2.24, 2.45) is 15.7 Å². The molecule has 1 aromatic carbocycles. The van der Waals surface area contributed by atoms with E-state index in [-0.39, 0.29) is 17.0 Å². The van der Waals surface area contributed by atoms with Gasteiger partial charge in [0.05, 0.1) is 6.61 Å². The lowest BCUT2D eigenvalue weighted by molar-refractivity contribution is 0.285. The number of halogens is 1. The minimum absolute atomic E-state index is 0.248. The first kappa shape index (κ1) is 19.3. The van der Waals surface area contributed by atoms with Crippen molar-refractivity contribution < 1.29 is 13.7 Å². The van der Waals surface area contributed by atoms with Gasteiger partial charge < -0.3 is 9.29 Å². The van der Waals surface area contributed by atoms with E-state index in [9.17, 15) is 8.94 Å². The molecule has 134 valence electrons. The molecule has 0 aliphatic heterocycles. The molecule has 0 aromatic heterocycles. The highest BCUT2D eigenvalue weighted by Crippen LogP contribution is 2.32. The maximum absolute atomic E-state index is 14.0. The second-order valence-corrected chi connectivity index (χ2v) is 10.4. The fourth-order valence-corrected chi connectivity index (χ4v) is 2.91. The molecular formula is C19H28FNO2S. The Morgan fingerprint density at radius 1 is 1.25 bits per heavy atom. The number of ether oxygens (including phenoxy) is 1. The first-order chi connectivity index (χ1) is 11.0. The van der Waals surface area contributed by atoms with Crippen molar-refractivity contribution >= 4 is 17.1 Å². The van der Waals surface area contributed by atoms with Crippen molar-refractivity contribution in [3.05, 3.63) is 29.6 Å². The zero-order valence-corrected chi connectivity index (χ0v) is 16.3. The molecule has 2 rings (SSSR count). The number of benzene rings is 1. The van der Waals surface area contributed by atoms with Crippen molar-refractivity contribution in [1.29, 1.82) is 0 Å². The third-order valence-electron chi connectivity index (χ3n) is 3.78. The largest absolute Gasteiger partial charge is 0.591 e. The average Bonchev–Trinajstić information content (AvgIpc) is 3.25. The van der Waals surface area contributed by atoms with Crippen LogP contribution >= 0.6 is 0 Å². The van der Waals surface area contributed by atoms with Gasteiger partial charge in [-0.2, -0.15) is 0 Å². The molecule has 5 heteroatoms. The minimum Gasteiger partial charge on any atom is -0.591 e. The molecule has 0 heterocycles. The van der Waals surface area contributed by atoms with Crippen LogP contribution < -0.4 is 4.74 Å². The number of hydrogen-bond acceptors (Lipinski definition) is 3. The molecule has 0 amide bonds. The molecule has 3 nitrogen and oxygen atoms in total. The summed E-state index contributed by atoms with van der Waals surface area (Å²) < 4.78 is 36.2. The summed E-state index contributed by atoms with van der Waals surface area (Å²) in [5.41, 5.74) is 1.14. The van der Waals surface area contributed by atoms with Gasteiger partial charge in [-0.3, -0.25) is 0 Å². The standard InChI is InChI=1S/C19H28FNO2S/c1-18(2,3)17(21-24(22)19(4,5)6)14-9-10-15(20)16(11-14)23-12-13-7-8-13/h9-11,13H,7-8,12H2,1-6H3/b21-17+. The molecule has 1 saturated carbocycles. The monoisotopic (exact) mass is 353 g/mol. The lowest BCUT2D eigenvalue weighted by Crippen LogP contribution is -2.30. The summed E-state index contributed by atoms with van der Waals surface area (Å²) in [6, 6.07) is 4.77. The van der Waals surface area contributed by atoms with E-state index in [1.165, 1.54) is 6.07 Å². The van der Waals surface area contributed by atoms with Crippen LogP contribution in [-0.4, -0.2) is 21.6 Å². The van der Waals surface area contributed by atoms with E-state index < -0.39 is 16.1 Å². The molecule has 1 atom stereocenters. The molecule has 1 fully saturated rings. The number of hydrogen-bond donors (Lipinski definition) is 0. The first-order valence-electron chi connectivity index (χ1n) is 8.42. The summed E-state index contributed by atoms with van der Waals surface area (Å²) in [6.45, 7) is 12.3. The van der Waals surface area contributed by atoms with E-state index in [4.69, 9.17) is 4.74 Å². The second-order valence-electron chi connectivity index (χ2n) is 8.45. The van der Waals surface area contributed by atoms with E-state index in [0.29, 0.717) is 18.2 Å². The lowest BCUT2D eigenvalue weighted by Gasteiger charge is -2.25. The summed E-state index contributed by atoms with van der Waals surface area (Å²) in [6.07, 6.45) is 2.31. The molecule has 1 unspecified atom stereocenters. The molecule has 1 aromatic rings. The predicted octanol–water partition coefficient (Wildman–Crippen LogP) is 4.91. The maximum Gasteiger partial charge on any atom is 0.165 e. The Kier molecular flexibility index (Phi) is 5.65. The van der Waals surface area contributed by atoms with Gasteiger partial charge in [0.15, 0.2) is 11.6 Å². The van der Waals surface area contributed by atoms with E-state index in [1.807, 2.05) is 41.5 Å². The van der Waals surface area contributed by atoms with Gasteiger partial charge in [-0.25, -0.2) is 4.39 Å². The van der Waals surface area contributed by atoms with Crippen LogP contribution in [0.3, 0.4) is 0 Å². The third kappa shape index (κ3) is 5.21. The van der Waals surface area contributed by atoms with Crippen LogP contribution in [0.5, 0.6) is 5.75 Å². The Balaban J connectivity index is 2.35. The van der Waals surface area contributed by atoms with Crippen molar-refractivity contribution in [3.8, 4) is 5.75 Å². The Hall–Kier alpha value is -1.07. The van der Waals surface area contributed by atoms with Gasteiger partial charge in [0.25, 0.3) is 0 Å². The summed E-state index contributed by atoms with van der Waals surface area (Å²) in [5.74, 6) is 0.430. The molecule has 0 N–H and O–H groups in total. The Bertz CT molecular complexity index is 613. The van der Waals surface area contributed by atoms with E-state index in [2.05, 4.69) is 4.40 Å². The zero-order valence-electron chi connectivity index (χ0n) is 15.5. The minimum atomic E-state index is -1.37. The third-order valence-corrected chi connectivity index (χ3v) is 5.18. The summed E-state index contributed by atoms with van der Waals surface area (Å²) in [7, 11) is 0. The molecule has 24 heavy (non-hydrogen) atoms. The molecule has 0 saturated heterocycles. The summed E-state index contributed by atoms with van der Waals surface area (Å²) in [5, 5.41) is 0. The van der Waals surface area contributed by atoms with Gasteiger partial charge in [-0.05, 0) is 57.7 Å². The summed E-state index contributed by atoms with van der Waals surface area (Å²) in [4.78, 5) is 0. The Morgan fingerprint density at radius 3 is 2.38 bits per heavy atom. The Morgan fingerprint density at radius 2 is 1.88 bits per heavy atom. The highest BCUT2D eigenvalue weighted by molar-refractivity contribution is 7.91. The van der Waals surface area contributed by atoms with Crippen LogP contribution in [0, 0.1) is 17.2 Å². The van der Waals surface area contributed by atoms with E-state index in [1.54, 1.807) is 12.1 Å². The first-order valence-corrected chi connectivity index (χ1v) is 9.53. The topological polar surface area (TPSA) is 44.7 Å². The summed E-state index contributed by atoms with van der Waals surface area (Å²) >= 11 is -1.37. The number of rotatable bonds is 5. The van der Waals surface area contributed by atoms with Gasteiger partial charge in [-0.15, -0.1) is 0 Å². The van der Waals surface area contributed by atoms with Gasteiger partial charge in [0.2, 0.25) is 0 Å². The van der Waals surface area contributed by atoms with Crippen molar-refractivity contribution in [3.63, 3.8) is 0 Å². The maximum atomic E-state index is 14.0. The zero-order chi connectivity index (χ0) is 18.1.